The van der Waals surface area contributed by atoms with Crippen molar-refractivity contribution in [1.82, 2.24) is 0 Å². The average Bonchev–Trinajstić information content (AvgIpc) is 3.51. The molecule has 0 bridgehead atoms. The van der Waals surface area contributed by atoms with Gasteiger partial charge in [-0.05, 0) is 72.1 Å². The summed E-state index contributed by atoms with van der Waals surface area (Å²) >= 11 is 0. The van der Waals surface area contributed by atoms with Crippen LogP contribution in [0.2, 0.25) is 18.6 Å². The highest BCUT2D eigenvalue weighted by molar-refractivity contribution is 6.91. The van der Waals surface area contributed by atoms with Crippen LogP contribution in [0.15, 0.2) is 97.1 Å². The molecule has 0 aliphatic carbocycles. The number of carbonyl (C=O) groups excluding carboxylic acids is 2. The van der Waals surface area contributed by atoms with Gasteiger partial charge in [-0.2, -0.15) is 0 Å². The van der Waals surface area contributed by atoms with Gasteiger partial charge in [0.2, 0.25) is 0 Å². The van der Waals surface area contributed by atoms with Crippen LogP contribution in [0, 0.1) is 5.92 Å². The Morgan fingerprint density at radius 3 is 2.32 bits per heavy atom. The Balaban J connectivity index is 1.36. The Kier molecular flexibility index (Phi) is 8.98. The van der Waals surface area contributed by atoms with Crippen molar-refractivity contribution in [1.29, 1.82) is 0 Å². The number of amides is 2. The van der Waals surface area contributed by atoms with E-state index in [0.29, 0.717) is 30.0 Å². The lowest BCUT2D eigenvalue weighted by molar-refractivity contribution is -0.146. The zero-order valence-electron chi connectivity index (χ0n) is 27.5. The van der Waals surface area contributed by atoms with E-state index >= 15 is 0 Å². The smallest absolute Gasteiger partial charge is 0.264 e. The molecule has 6 rings (SSSR count). The quantitative estimate of drug-likeness (QED) is 0.201. The Morgan fingerprint density at radius 1 is 0.936 bits per heavy atom. The van der Waals surface area contributed by atoms with Crippen molar-refractivity contribution >= 4 is 36.4 Å². The van der Waals surface area contributed by atoms with Gasteiger partial charge in [0.1, 0.15) is 11.5 Å². The molecule has 4 aromatic carbocycles. The number of aliphatic hydroxyl groups is 1. The summed E-state index contributed by atoms with van der Waals surface area (Å²) in [6.07, 6.45) is 0.109. The lowest BCUT2D eigenvalue weighted by atomic mass is 9.82. The summed E-state index contributed by atoms with van der Waals surface area (Å²) in [4.78, 5) is 29.6. The summed E-state index contributed by atoms with van der Waals surface area (Å²) < 4.78 is 18.1. The zero-order valence-corrected chi connectivity index (χ0v) is 28.5. The van der Waals surface area contributed by atoms with Crippen LogP contribution in [0.3, 0.4) is 0 Å². The summed E-state index contributed by atoms with van der Waals surface area (Å²) in [5, 5.41) is 14.4. The van der Waals surface area contributed by atoms with Crippen LogP contribution in [-0.4, -0.2) is 51.9 Å². The molecule has 2 heterocycles. The molecule has 4 aromatic rings. The van der Waals surface area contributed by atoms with E-state index in [1.807, 2.05) is 72.8 Å². The molecule has 1 fully saturated rings. The number of rotatable bonds is 10. The minimum atomic E-state index is -2.29. The van der Waals surface area contributed by atoms with E-state index in [1.54, 1.807) is 31.3 Å². The maximum atomic E-state index is 14.9. The number of fused-ring (bicyclic) bond motifs is 2. The van der Waals surface area contributed by atoms with Crippen LogP contribution < -0.4 is 24.9 Å². The van der Waals surface area contributed by atoms with Gasteiger partial charge >= 0.3 is 0 Å². The van der Waals surface area contributed by atoms with Crippen LogP contribution in [0.4, 0.5) is 11.4 Å². The standard InChI is InChI=1S/C38H42N2O6Si/c1-25-35(47(4,5)31-17-14-29(44-2)15-18-31)34(20-21-41)46-38(25)32-23-30(45-3)16-19-33(32)40(37(38)43)24-26-10-9-13-28(22-26)39-36(42)27-11-7-6-8-12-27/h6-19,22-23,25,34-35,41H,20-21,24H2,1-5H3,(H,39,42)/t25-,34+,35-,38+/m0/s1. The SMILES string of the molecule is COc1ccc([Si](C)(C)[C@@H]2[C@@H](CCO)O[C@]3(C(=O)N(Cc4cccc(NC(=O)c5ccccc5)c4)c4ccc(OC)cc43)[C@H]2C)cc1. The Hall–Kier alpha value is -4.44. The summed E-state index contributed by atoms with van der Waals surface area (Å²) in [5.41, 5.74) is 2.42. The summed E-state index contributed by atoms with van der Waals surface area (Å²) in [6, 6.07) is 30.6. The molecule has 9 heteroatoms. The van der Waals surface area contributed by atoms with Crippen LogP contribution in [0.5, 0.6) is 11.5 Å². The largest absolute Gasteiger partial charge is 0.497 e. The van der Waals surface area contributed by atoms with Crippen molar-refractivity contribution in [3.63, 3.8) is 0 Å². The first-order valence-corrected chi connectivity index (χ1v) is 19.1. The monoisotopic (exact) mass is 650 g/mol. The maximum absolute atomic E-state index is 14.9. The van der Waals surface area contributed by atoms with Gasteiger partial charge in [-0.15, -0.1) is 0 Å². The first-order chi connectivity index (χ1) is 22.6. The van der Waals surface area contributed by atoms with E-state index < -0.39 is 13.7 Å². The highest BCUT2D eigenvalue weighted by Crippen LogP contribution is 2.60. The van der Waals surface area contributed by atoms with Gasteiger partial charge in [-0.3, -0.25) is 9.59 Å². The molecule has 2 aliphatic rings. The van der Waals surface area contributed by atoms with E-state index in [0.717, 1.165) is 22.6 Å². The zero-order chi connectivity index (χ0) is 33.3. The lowest BCUT2D eigenvalue weighted by Crippen LogP contribution is -2.51. The predicted octanol–water partition coefficient (Wildman–Crippen LogP) is 6.10. The fraction of sp³-hybridized carbons (Fsp3) is 0.316. The molecule has 0 aromatic heterocycles. The fourth-order valence-corrected chi connectivity index (χ4v) is 11.8. The molecule has 1 spiro atoms. The van der Waals surface area contributed by atoms with E-state index in [2.05, 4.69) is 37.5 Å². The van der Waals surface area contributed by atoms with Crippen LogP contribution in [-0.2, 0) is 21.7 Å². The van der Waals surface area contributed by atoms with Gasteiger partial charge in [0, 0.05) is 29.3 Å². The van der Waals surface area contributed by atoms with E-state index in [4.69, 9.17) is 14.2 Å². The third-order valence-electron chi connectivity index (χ3n) is 10.0. The molecule has 0 saturated carbocycles. The number of nitrogens with zero attached hydrogens (tertiary/aromatic N) is 1. The lowest BCUT2D eigenvalue weighted by Gasteiger charge is -2.37. The molecule has 4 atom stereocenters. The first-order valence-electron chi connectivity index (χ1n) is 16.0. The number of carbonyl (C=O) groups is 2. The normalized spacial score (nSPS) is 22.0. The maximum Gasteiger partial charge on any atom is 0.264 e. The number of benzene rings is 4. The van der Waals surface area contributed by atoms with Crippen molar-refractivity contribution in [3.05, 3.63) is 114 Å². The molecule has 2 amide bonds. The first kappa shape index (κ1) is 32.5. The highest BCUT2D eigenvalue weighted by atomic mass is 28.3. The second-order valence-electron chi connectivity index (χ2n) is 13.0. The molecule has 47 heavy (non-hydrogen) atoms. The minimum absolute atomic E-state index is 0.0301. The topological polar surface area (TPSA) is 97.3 Å². The molecule has 2 aliphatic heterocycles. The van der Waals surface area contributed by atoms with Crippen molar-refractivity contribution < 1.29 is 28.9 Å². The van der Waals surface area contributed by atoms with Gasteiger partial charge < -0.3 is 29.5 Å². The molecule has 244 valence electrons. The molecular formula is C38H42N2O6Si. The minimum Gasteiger partial charge on any atom is -0.497 e. The number of hydrogen-bond donors (Lipinski definition) is 2. The number of methoxy groups -OCH3 is 2. The second-order valence-corrected chi connectivity index (χ2v) is 17.7. The third kappa shape index (κ3) is 5.73. The fourth-order valence-electron chi connectivity index (χ4n) is 7.70. The number of anilines is 2. The van der Waals surface area contributed by atoms with Gasteiger partial charge in [0.05, 0.1) is 40.6 Å². The third-order valence-corrected chi connectivity index (χ3v) is 14.4. The molecule has 0 radical (unpaired) electrons. The van der Waals surface area contributed by atoms with Crippen molar-refractivity contribution in [2.75, 3.05) is 31.0 Å². The van der Waals surface area contributed by atoms with Crippen LogP contribution in [0.25, 0.3) is 0 Å². The van der Waals surface area contributed by atoms with E-state index in [9.17, 15) is 14.7 Å². The van der Waals surface area contributed by atoms with Gasteiger partial charge in [0.25, 0.3) is 11.8 Å². The number of nitrogens with one attached hydrogen (secondary N) is 1. The molecule has 2 N–H and O–H groups in total. The summed E-state index contributed by atoms with van der Waals surface area (Å²) in [6.45, 7) is 7.02. The molecular weight excluding hydrogens is 609 g/mol. The Labute approximate surface area is 277 Å². The average molecular weight is 651 g/mol. The van der Waals surface area contributed by atoms with Gasteiger partial charge in [0.15, 0.2) is 5.60 Å². The Morgan fingerprint density at radius 2 is 1.64 bits per heavy atom. The summed E-state index contributed by atoms with van der Waals surface area (Å²) in [5.74, 6) is 0.922. The molecule has 0 unspecified atom stereocenters. The highest BCUT2D eigenvalue weighted by Gasteiger charge is 2.66. The van der Waals surface area contributed by atoms with E-state index in [-0.39, 0.29) is 36.0 Å². The second kappa shape index (κ2) is 13.0. The van der Waals surface area contributed by atoms with Crippen LogP contribution >= 0.6 is 0 Å². The number of aliphatic hydroxyl groups excluding tert-OH is 1. The number of hydrogen-bond acceptors (Lipinski definition) is 6. The van der Waals surface area contributed by atoms with Gasteiger partial charge in [-0.25, -0.2) is 0 Å². The van der Waals surface area contributed by atoms with Crippen LogP contribution in [0.1, 0.15) is 34.8 Å². The predicted molar refractivity (Wildman–Crippen MR) is 186 cm³/mol. The van der Waals surface area contributed by atoms with Crippen molar-refractivity contribution in [2.45, 2.75) is 50.2 Å². The number of ether oxygens (including phenoxy) is 3. The molecule has 8 nitrogen and oxygen atoms in total. The van der Waals surface area contributed by atoms with Crippen molar-refractivity contribution in [2.24, 2.45) is 5.92 Å². The van der Waals surface area contributed by atoms with Crippen molar-refractivity contribution in [3.8, 4) is 11.5 Å². The Bertz CT molecular complexity index is 1760. The summed E-state index contributed by atoms with van der Waals surface area (Å²) in [7, 11) is 0.985. The van der Waals surface area contributed by atoms with E-state index in [1.165, 1.54) is 5.19 Å². The van der Waals surface area contributed by atoms with Gasteiger partial charge in [-0.1, -0.05) is 67.7 Å². The molecule has 1 saturated heterocycles.